The van der Waals surface area contributed by atoms with Crippen LogP contribution in [-0.4, -0.2) is 36.5 Å². The summed E-state index contributed by atoms with van der Waals surface area (Å²) in [7, 11) is 0. The molecule has 2 N–H and O–H groups in total. The number of nitrogens with one attached hydrogen (secondary N) is 2. The van der Waals surface area contributed by atoms with E-state index < -0.39 is 16.7 Å². The predicted molar refractivity (Wildman–Crippen MR) is 108 cm³/mol. The Balaban J connectivity index is 1.68. The first-order valence-corrected chi connectivity index (χ1v) is 9.39. The number of aryl methyl sites for hydroxylation is 1. The fraction of sp³-hybridized carbons (Fsp3) is 0.333. The molecule has 0 bridgehead atoms. The second kappa shape index (κ2) is 8.83. The number of carbonyl (C=O) groups is 2. The number of carbonyl (C=O) groups excluding carboxylic acids is 2. The van der Waals surface area contributed by atoms with Crippen molar-refractivity contribution in [3.63, 3.8) is 0 Å². The minimum Gasteiger partial charge on any atom is -0.381 e. The van der Waals surface area contributed by atoms with E-state index in [-0.39, 0.29) is 16.8 Å². The molecule has 2 aromatic rings. The van der Waals surface area contributed by atoms with Gasteiger partial charge in [0.2, 0.25) is 0 Å². The molecule has 2 amide bonds. The van der Waals surface area contributed by atoms with E-state index in [1.54, 1.807) is 6.92 Å². The number of rotatable bonds is 5. The molecule has 1 fully saturated rings. The fourth-order valence-corrected chi connectivity index (χ4v) is 3.49. The molecule has 2 aromatic carbocycles. The van der Waals surface area contributed by atoms with E-state index in [0.29, 0.717) is 25.3 Å². The first-order valence-electron chi connectivity index (χ1n) is 9.39. The summed E-state index contributed by atoms with van der Waals surface area (Å²) in [4.78, 5) is 35.1. The summed E-state index contributed by atoms with van der Waals surface area (Å²) >= 11 is 0. The highest BCUT2D eigenvalue weighted by atomic mass is 16.6. The van der Waals surface area contributed by atoms with Crippen molar-refractivity contribution >= 4 is 23.2 Å². The molecule has 3 rings (SSSR count). The number of anilines is 1. The van der Waals surface area contributed by atoms with Crippen LogP contribution in [0, 0.1) is 17.0 Å². The van der Waals surface area contributed by atoms with Crippen LogP contribution >= 0.6 is 0 Å². The Hall–Kier alpha value is -3.26. The van der Waals surface area contributed by atoms with Gasteiger partial charge in [-0.05, 0) is 30.9 Å². The van der Waals surface area contributed by atoms with Gasteiger partial charge in [-0.2, -0.15) is 0 Å². The Kier molecular flexibility index (Phi) is 6.23. The fourth-order valence-electron chi connectivity index (χ4n) is 3.49. The number of hydrogen-bond acceptors (Lipinski definition) is 5. The third-order valence-corrected chi connectivity index (χ3v) is 5.31. The Labute approximate surface area is 168 Å². The van der Waals surface area contributed by atoms with Gasteiger partial charge in [0.1, 0.15) is 0 Å². The monoisotopic (exact) mass is 397 g/mol. The number of nitrogens with zero attached hydrogens (tertiary/aromatic N) is 1. The summed E-state index contributed by atoms with van der Waals surface area (Å²) in [6, 6.07) is 14.0. The predicted octanol–water partition coefficient (Wildman–Crippen LogP) is 2.71. The van der Waals surface area contributed by atoms with Gasteiger partial charge in [0.15, 0.2) is 0 Å². The quantitative estimate of drug-likeness (QED) is 0.458. The van der Waals surface area contributed by atoms with E-state index >= 15 is 0 Å². The molecular formula is C21H23N3O5. The SMILES string of the molecule is Cc1ccc([N+](=O)[O-])cc1NC(=O)C(=O)NCC1(c2ccccc2)CCOCC1. The van der Waals surface area contributed by atoms with Crippen molar-refractivity contribution in [2.24, 2.45) is 0 Å². The van der Waals surface area contributed by atoms with Crippen LogP contribution in [0.4, 0.5) is 11.4 Å². The number of hydrogen-bond donors (Lipinski definition) is 2. The van der Waals surface area contributed by atoms with Gasteiger partial charge < -0.3 is 15.4 Å². The van der Waals surface area contributed by atoms with Crippen LogP contribution in [0.15, 0.2) is 48.5 Å². The van der Waals surface area contributed by atoms with E-state index in [4.69, 9.17) is 4.74 Å². The molecule has 8 nitrogen and oxygen atoms in total. The van der Waals surface area contributed by atoms with Gasteiger partial charge in [-0.1, -0.05) is 36.4 Å². The summed E-state index contributed by atoms with van der Waals surface area (Å²) in [5, 5.41) is 16.1. The molecule has 1 aliphatic rings. The minimum atomic E-state index is -0.858. The van der Waals surface area contributed by atoms with Crippen LogP contribution in [0.2, 0.25) is 0 Å². The third kappa shape index (κ3) is 4.78. The molecule has 1 heterocycles. The molecule has 0 unspecified atom stereocenters. The lowest BCUT2D eigenvalue weighted by Gasteiger charge is -2.37. The van der Waals surface area contributed by atoms with Crippen molar-refractivity contribution in [2.45, 2.75) is 25.2 Å². The number of non-ortho nitro benzene ring substituents is 1. The lowest BCUT2D eigenvalue weighted by atomic mass is 9.74. The van der Waals surface area contributed by atoms with Crippen LogP contribution in [0.5, 0.6) is 0 Å². The van der Waals surface area contributed by atoms with Gasteiger partial charge in [-0.15, -0.1) is 0 Å². The maximum Gasteiger partial charge on any atom is 0.313 e. The van der Waals surface area contributed by atoms with Crippen molar-refractivity contribution in [3.05, 3.63) is 69.8 Å². The Morgan fingerprint density at radius 1 is 1.10 bits per heavy atom. The molecule has 0 aromatic heterocycles. The maximum atomic E-state index is 12.4. The van der Waals surface area contributed by atoms with Crippen LogP contribution in [0.25, 0.3) is 0 Å². The van der Waals surface area contributed by atoms with E-state index in [2.05, 4.69) is 10.6 Å². The normalized spacial score (nSPS) is 15.3. The van der Waals surface area contributed by atoms with Crippen molar-refractivity contribution in [3.8, 4) is 0 Å². The lowest BCUT2D eigenvalue weighted by Crippen LogP contribution is -2.47. The molecule has 29 heavy (non-hydrogen) atoms. The van der Waals surface area contributed by atoms with Crippen molar-refractivity contribution < 1.29 is 19.2 Å². The number of amides is 2. The zero-order valence-corrected chi connectivity index (χ0v) is 16.1. The summed E-state index contributed by atoms with van der Waals surface area (Å²) in [6.45, 7) is 3.18. The molecular weight excluding hydrogens is 374 g/mol. The van der Waals surface area contributed by atoms with Crippen LogP contribution < -0.4 is 10.6 Å². The van der Waals surface area contributed by atoms with Gasteiger partial charge in [-0.3, -0.25) is 19.7 Å². The number of ether oxygens (including phenoxy) is 1. The number of benzene rings is 2. The molecule has 152 valence electrons. The Bertz CT molecular complexity index is 908. The third-order valence-electron chi connectivity index (χ3n) is 5.31. The average Bonchev–Trinajstić information content (AvgIpc) is 2.74. The van der Waals surface area contributed by atoms with Gasteiger partial charge >= 0.3 is 11.8 Å². The molecule has 0 saturated carbocycles. The molecule has 0 radical (unpaired) electrons. The van der Waals surface area contributed by atoms with E-state index in [1.807, 2.05) is 30.3 Å². The second-order valence-corrected chi connectivity index (χ2v) is 7.15. The topological polar surface area (TPSA) is 111 Å². The van der Waals surface area contributed by atoms with Crippen LogP contribution in [-0.2, 0) is 19.7 Å². The maximum absolute atomic E-state index is 12.4. The first kappa shape index (κ1) is 20.5. The highest BCUT2D eigenvalue weighted by molar-refractivity contribution is 6.39. The van der Waals surface area contributed by atoms with Crippen LogP contribution in [0.3, 0.4) is 0 Å². The second-order valence-electron chi connectivity index (χ2n) is 7.15. The molecule has 0 spiro atoms. The molecule has 0 aliphatic carbocycles. The largest absolute Gasteiger partial charge is 0.381 e. The smallest absolute Gasteiger partial charge is 0.313 e. The standard InChI is InChI=1S/C21H23N3O5/c1-15-7-8-17(24(27)28)13-18(15)23-20(26)19(25)22-14-21(9-11-29-12-10-21)16-5-3-2-4-6-16/h2-8,13H,9-12,14H2,1H3,(H,22,25)(H,23,26). The van der Waals surface area contributed by atoms with Crippen molar-refractivity contribution in [1.82, 2.24) is 5.32 Å². The van der Waals surface area contributed by atoms with Crippen LogP contribution in [0.1, 0.15) is 24.0 Å². The van der Waals surface area contributed by atoms with Crippen molar-refractivity contribution in [1.29, 1.82) is 0 Å². The highest BCUT2D eigenvalue weighted by Gasteiger charge is 2.35. The van der Waals surface area contributed by atoms with Crippen molar-refractivity contribution in [2.75, 3.05) is 25.1 Å². The molecule has 8 heteroatoms. The Morgan fingerprint density at radius 2 is 1.79 bits per heavy atom. The highest BCUT2D eigenvalue weighted by Crippen LogP contribution is 2.34. The summed E-state index contributed by atoms with van der Waals surface area (Å²) in [5.41, 5.74) is 1.51. The Morgan fingerprint density at radius 3 is 2.45 bits per heavy atom. The van der Waals surface area contributed by atoms with Gasteiger partial charge in [0.05, 0.1) is 10.6 Å². The lowest BCUT2D eigenvalue weighted by molar-refractivity contribution is -0.384. The zero-order chi connectivity index (χ0) is 20.9. The molecule has 1 saturated heterocycles. The van der Waals surface area contributed by atoms with E-state index in [0.717, 1.165) is 18.4 Å². The summed E-state index contributed by atoms with van der Waals surface area (Å²) in [6.07, 6.45) is 1.48. The van der Waals surface area contributed by atoms with E-state index in [9.17, 15) is 19.7 Å². The average molecular weight is 397 g/mol. The number of nitro groups is 1. The number of nitro benzene ring substituents is 1. The summed E-state index contributed by atoms with van der Waals surface area (Å²) < 4.78 is 5.48. The summed E-state index contributed by atoms with van der Waals surface area (Å²) in [5.74, 6) is -1.64. The van der Waals surface area contributed by atoms with Gasteiger partial charge in [0, 0.05) is 37.3 Å². The molecule has 1 aliphatic heterocycles. The first-order chi connectivity index (χ1) is 13.9. The molecule has 0 atom stereocenters. The van der Waals surface area contributed by atoms with Gasteiger partial charge in [-0.25, -0.2) is 0 Å². The van der Waals surface area contributed by atoms with Gasteiger partial charge in [0.25, 0.3) is 5.69 Å². The minimum absolute atomic E-state index is 0.156. The zero-order valence-electron chi connectivity index (χ0n) is 16.1. The van der Waals surface area contributed by atoms with E-state index in [1.165, 1.54) is 18.2 Å².